The van der Waals surface area contributed by atoms with Crippen molar-refractivity contribution < 1.29 is 9.59 Å². The summed E-state index contributed by atoms with van der Waals surface area (Å²) in [7, 11) is 1.89. The molecule has 1 unspecified atom stereocenters. The van der Waals surface area contributed by atoms with Gasteiger partial charge in [-0.3, -0.25) is 9.59 Å². The molecule has 1 atom stereocenters. The molecule has 3 aliphatic heterocycles. The van der Waals surface area contributed by atoms with Crippen molar-refractivity contribution >= 4 is 17.8 Å². The fourth-order valence-electron chi connectivity index (χ4n) is 5.61. The summed E-state index contributed by atoms with van der Waals surface area (Å²) < 4.78 is 0. The van der Waals surface area contributed by atoms with E-state index < -0.39 is 5.41 Å². The Balaban J connectivity index is 1.42. The zero-order valence-corrected chi connectivity index (χ0v) is 17.1. The second-order valence-corrected chi connectivity index (χ2v) is 8.67. The van der Waals surface area contributed by atoms with Gasteiger partial charge in [0.25, 0.3) is 5.91 Å². The first-order valence-corrected chi connectivity index (χ1v) is 10.4. The monoisotopic (exact) mass is 407 g/mol. The summed E-state index contributed by atoms with van der Waals surface area (Å²) in [5, 5.41) is 7.57. The van der Waals surface area contributed by atoms with Gasteiger partial charge >= 0.3 is 0 Å². The fraction of sp³-hybridized carbons (Fsp3) is 0.524. The standard InChI is InChI=1S/C21H25N7O2/c1-26-10-6-21(18(26)30)15-28(19-22-7-2-8-23-19)14-20(21)4-11-27(12-5-20)17(29)16-3-9-24-25-13-16/h2-3,7-9,13H,4-6,10-12,14-15H2,1H3. The molecule has 9 heteroatoms. The molecule has 2 amide bonds. The quantitative estimate of drug-likeness (QED) is 0.728. The summed E-state index contributed by atoms with van der Waals surface area (Å²) in [6, 6.07) is 3.50. The SMILES string of the molecule is CN1CCC2(CN(c3ncccn3)CC23CCN(C(=O)c2ccnnc2)CC3)C1=O. The van der Waals surface area contributed by atoms with E-state index in [4.69, 9.17) is 0 Å². The third kappa shape index (κ3) is 2.75. The number of hydrogen-bond acceptors (Lipinski definition) is 7. The zero-order valence-electron chi connectivity index (χ0n) is 17.1. The highest BCUT2D eigenvalue weighted by Gasteiger charge is 2.65. The molecule has 3 saturated heterocycles. The predicted molar refractivity (Wildman–Crippen MR) is 109 cm³/mol. The van der Waals surface area contributed by atoms with Gasteiger partial charge in [0.05, 0.1) is 23.4 Å². The van der Waals surface area contributed by atoms with Crippen LogP contribution in [-0.2, 0) is 4.79 Å². The van der Waals surface area contributed by atoms with E-state index in [1.807, 2.05) is 16.8 Å². The Morgan fingerprint density at radius 3 is 2.40 bits per heavy atom. The summed E-state index contributed by atoms with van der Waals surface area (Å²) in [5.74, 6) is 0.876. The largest absolute Gasteiger partial charge is 0.345 e. The third-order valence-electron chi connectivity index (χ3n) is 7.27. The van der Waals surface area contributed by atoms with Crippen LogP contribution in [-0.4, -0.2) is 81.6 Å². The Hall–Kier alpha value is -3.10. The average molecular weight is 407 g/mol. The van der Waals surface area contributed by atoms with Crippen molar-refractivity contribution in [3.8, 4) is 0 Å². The lowest BCUT2D eigenvalue weighted by atomic mass is 9.60. The molecule has 0 saturated carbocycles. The van der Waals surface area contributed by atoms with E-state index in [1.54, 1.807) is 24.5 Å². The third-order valence-corrected chi connectivity index (χ3v) is 7.27. The van der Waals surface area contributed by atoms with E-state index in [0.29, 0.717) is 31.1 Å². The summed E-state index contributed by atoms with van der Waals surface area (Å²) in [4.78, 5) is 41.0. The summed E-state index contributed by atoms with van der Waals surface area (Å²) in [5.41, 5.74) is -0.0617. The summed E-state index contributed by atoms with van der Waals surface area (Å²) in [6.45, 7) is 3.42. The van der Waals surface area contributed by atoms with E-state index in [9.17, 15) is 9.59 Å². The lowest BCUT2D eigenvalue weighted by Crippen LogP contribution is -2.53. The van der Waals surface area contributed by atoms with Gasteiger partial charge in [0, 0.05) is 57.6 Å². The van der Waals surface area contributed by atoms with Gasteiger partial charge < -0.3 is 14.7 Å². The first kappa shape index (κ1) is 18.9. The molecular weight excluding hydrogens is 382 g/mol. The molecule has 30 heavy (non-hydrogen) atoms. The van der Waals surface area contributed by atoms with E-state index in [2.05, 4.69) is 25.1 Å². The number of anilines is 1. The molecule has 5 heterocycles. The maximum Gasteiger partial charge on any atom is 0.255 e. The minimum absolute atomic E-state index is 0.0232. The van der Waals surface area contributed by atoms with Crippen LogP contribution in [0.15, 0.2) is 36.9 Å². The van der Waals surface area contributed by atoms with Gasteiger partial charge in [-0.05, 0) is 31.4 Å². The van der Waals surface area contributed by atoms with Gasteiger partial charge in [0.2, 0.25) is 11.9 Å². The lowest BCUT2D eigenvalue weighted by Gasteiger charge is -2.46. The van der Waals surface area contributed by atoms with Crippen molar-refractivity contribution in [2.24, 2.45) is 10.8 Å². The van der Waals surface area contributed by atoms with Gasteiger partial charge in [-0.1, -0.05) is 0 Å². The van der Waals surface area contributed by atoms with Crippen LogP contribution in [0.25, 0.3) is 0 Å². The van der Waals surface area contributed by atoms with Crippen molar-refractivity contribution in [2.75, 3.05) is 44.7 Å². The summed E-state index contributed by atoms with van der Waals surface area (Å²) in [6.07, 6.45) is 8.95. The van der Waals surface area contributed by atoms with Gasteiger partial charge in [0.15, 0.2) is 0 Å². The van der Waals surface area contributed by atoms with Gasteiger partial charge in [-0.2, -0.15) is 10.2 Å². The molecule has 0 bridgehead atoms. The molecular formula is C21H25N7O2. The first-order chi connectivity index (χ1) is 14.5. The Labute approximate surface area is 175 Å². The number of hydrogen-bond donors (Lipinski definition) is 0. The number of piperidine rings is 1. The minimum Gasteiger partial charge on any atom is -0.345 e. The Morgan fingerprint density at radius 2 is 1.77 bits per heavy atom. The molecule has 0 N–H and O–H groups in total. The van der Waals surface area contributed by atoms with Crippen LogP contribution >= 0.6 is 0 Å². The zero-order chi connectivity index (χ0) is 20.8. The van der Waals surface area contributed by atoms with Crippen LogP contribution in [0.1, 0.15) is 29.6 Å². The number of carbonyl (C=O) groups excluding carboxylic acids is 2. The maximum atomic E-state index is 13.4. The molecule has 5 rings (SSSR count). The molecule has 2 spiro atoms. The number of rotatable bonds is 2. The molecule has 156 valence electrons. The van der Waals surface area contributed by atoms with Crippen molar-refractivity contribution in [3.63, 3.8) is 0 Å². The minimum atomic E-state index is -0.436. The fourth-order valence-corrected chi connectivity index (χ4v) is 5.61. The Kier molecular flexibility index (Phi) is 4.41. The molecule has 0 radical (unpaired) electrons. The van der Waals surface area contributed by atoms with Crippen LogP contribution in [0.4, 0.5) is 5.95 Å². The number of amides is 2. The topological polar surface area (TPSA) is 95.4 Å². The smallest absolute Gasteiger partial charge is 0.255 e. The highest BCUT2D eigenvalue weighted by atomic mass is 16.2. The van der Waals surface area contributed by atoms with Gasteiger partial charge in [0.1, 0.15) is 0 Å². The average Bonchev–Trinajstić information content (AvgIpc) is 3.28. The molecule has 0 aliphatic carbocycles. The molecule has 2 aromatic rings. The van der Waals surface area contributed by atoms with Crippen LogP contribution in [0.2, 0.25) is 0 Å². The second-order valence-electron chi connectivity index (χ2n) is 8.67. The van der Waals surface area contributed by atoms with Crippen LogP contribution in [0.3, 0.4) is 0 Å². The number of nitrogens with zero attached hydrogens (tertiary/aromatic N) is 7. The molecule has 3 aliphatic rings. The number of aromatic nitrogens is 4. The first-order valence-electron chi connectivity index (χ1n) is 10.4. The molecule has 0 aromatic carbocycles. The Morgan fingerprint density at radius 1 is 1.00 bits per heavy atom. The predicted octanol–water partition coefficient (Wildman–Crippen LogP) is 0.858. The highest BCUT2D eigenvalue weighted by Crippen LogP contribution is 2.58. The van der Waals surface area contributed by atoms with Crippen LogP contribution in [0.5, 0.6) is 0 Å². The van der Waals surface area contributed by atoms with Crippen LogP contribution < -0.4 is 4.90 Å². The van der Waals surface area contributed by atoms with E-state index in [1.165, 1.54) is 12.4 Å². The van der Waals surface area contributed by atoms with Crippen molar-refractivity contribution in [3.05, 3.63) is 42.5 Å². The van der Waals surface area contributed by atoms with Crippen molar-refractivity contribution in [1.29, 1.82) is 0 Å². The highest BCUT2D eigenvalue weighted by molar-refractivity contribution is 5.94. The normalized spacial score (nSPS) is 25.5. The number of carbonyl (C=O) groups is 2. The molecule has 9 nitrogen and oxygen atoms in total. The number of likely N-dealkylation sites (tertiary alicyclic amines) is 2. The van der Waals surface area contributed by atoms with E-state index in [0.717, 1.165) is 32.4 Å². The van der Waals surface area contributed by atoms with Crippen molar-refractivity contribution in [2.45, 2.75) is 19.3 Å². The van der Waals surface area contributed by atoms with Gasteiger partial charge in [-0.15, -0.1) is 0 Å². The number of fused-ring (bicyclic) bond motifs is 1. The maximum absolute atomic E-state index is 13.4. The lowest BCUT2D eigenvalue weighted by molar-refractivity contribution is -0.140. The summed E-state index contributed by atoms with van der Waals surface area (Å²) >= 11 is 0. The Bertz CT molecular complexity index is 946. The van der Waals surface area contributed by atoms with E-state index >= 15 is 0 Å². The second kappa shape index (κ2) is 7.00. The van der Waals surface area contributed by atoms with E-state index in [-0.39, 0.29) is 17.2 Å². The molecule has 3 fully saturated rings. The van der Waals surface area contributed by atoms with Crippen LogP contribution in [0, 0.1) is 10.8 Å². The van der Waals surface area contributed by atoms with Gasteiger partial charge in [-0.25, -0.2) is 9.97 Å². The molecule has 2 aromatic heterocycles. The van der Waals surface area contributed by atoms with Crippen molar-refractivity contribution in [1.82, 2.24) is 30.0 Å².